The highest BCUT2D eigenvalue weighted by Gasteiger charge is 2.14. The SMILES string of the molecule is C=C/C(CC)=C(\C=C)N1CCCC1. The molecule has 1 saturated heterocycles. The molecule has 0 N–H and O–H groups in total. The van der Waals surface area contributed by atoms with Crippen molar-refractivity contribution in [3.63, 3.8) is 0 Å². The average Bonchev–Trinajstić information content (AvgIpc) is 2.66. The van der Waals surface area contributed by atoms with E-state index in [2.05, 4.69) is 25.0 Å². The molecular weight excluding hydrogens is 158 g/mol. The van der Waals surface area contributed by atoms with Crippen LogP contribution in [0.25, 0.3) is 0 Å². The maximum absolute atomic E-state index is 3.88. The van der Waals surface area contributed by atoms with Gasteiger partial charge in [0.2, 0.25) is 0 Å². The van der Waals surface area contributed by atoms with E-state index in [0.717, 1.165) is 6.42 Å². The van der Waals surface area contributed by atoms with Crippen LogP contribution in [0.4, 0.5) is 0 Å². The zero-order valence-corrected chi connectivity index (χ0v) is 8.55. The molecule has 0 spiro atoms. The lowest BCUT2D eigenvalue weighted by atomic mass is 10.1. The van der Waals surface area contributed by atoms with Crippen LogP contribution in [0.5, 0.6) is 0 Å². The van der Waals surface area contributed by atoms with Crippen LogP contribution in [0.3, 0.4) is 0 Å². The number of hydrogen-bond acceptors (Lipinski definition) is 1. The van der Waals surface area contributed by atoms with Crippen LogP contribution in [-0.4, -0.2) is 18.0 Å². The van der Waals surface area contributed by atoms with Crippen molar-refractivity contribution in [3.05, 3.63) is 36.6 Å². The fraction of sp³-hybridized carbons (Fsp3) is 0.500. The molecule has 72 valence electrons. The van der Waals surface area contributed by atoms with Gasteiger partial charge < -0.3 is 4.90 Å². The largest absolute Gasteiger partial charge is 0.371 e. The topological polar surface area (TPSA) is 3.24 Å². The molecule has 1 aliphatic heterocycles. The molecule has 1 aliphatic rings. The number of rotatable bonds is 4. The zero-order valence-electron chi connectivity index (χ0n) is 8.55. The summed E-state index contributed by atoms with van der Waals surface area (Å²) >= 11 is 0. The first-order chi connectivity index (χ1) is 6.33. The van der Waals surface area contributed by atoms with Crippen LogP contribution < -0.4 is 0 Å². The minimum absolute atomic E-state index is 1.04. The van der Waals surface area contributed by atoms with Crippen molar-refractivity contribution in [2.24, 2.45) is 0 Å². The predicted molar refractivity (Wildman–Crippen MR) is 58.5 cm³/mol. The second-order valence-corrected chi connectivity index (χ2v) is 3.37. The Morgan fingerprint density at radius 2 is 1.85 bits per heavy atom. The smallest absolute Gasteiger partial charge is 0.0392 e. The van der Waals surface area contributed by atoms with Crippen LogP contribution in [0.1, 0.15) is 26.2 Å². The van der Waals surface area contributed by atoms with E-state index in [1.807, 2.05) is 12.2 Å². The van der Waals surface area contributed by atoms with E-state index in [0.29, 0.717) is 0 Å². The molecular formula is C12H19N. The first-order valence-corrected chi connectivity index (χ1v) is 5.06. The summed E-state index contributed by atoms with van der Waals surface area (Å²) in [4.78, 5) is 2.41. The van der Waals surface area contributed by atoms with Crippen LogP contribution in [0.2, 0.25) is 0 Å². The van der Waals surface area contributed by atoms with E-state index < -0.39 is 0 Å². The summed E-state index contributed by atoms with van der Waals surface area (Å²) in [6.07, 6.45) is 7.58. The molecule has 0 aliphatic carbocycles. The lowest BCUT2D eigenvalue weighted by molar-refractivity contribution is 0.436. The molecule has 0 aromatic carbocycles. The van der Waals surface area contributed by atoms with E-state index in [9.17, 15) is 0 Å². The molecule has 0 aromatic rings. The quantitative estimate of drug-likeness (QED) is 0.596. The third-order valence-electron chi connectivity index (χ3n) is 2.60. The van der Waals surface area contributed by atoms with Crippen molar-refractivity contribution in [2.75, 3.05) is 13.1 Å². The Balaban J connectivity index is 2.85. The maximum Gasteiger partial charge on any atom is 0.0392 e. The second-order valence-electron chi connectivity index (χ2n) is 3.37. The average molecular weight is 177 g/mol. The van der Waals surface area contributed by atoms with Gasteiger partial charge >= 0.3 is 0 Å². The third-order valence-corrected chi connectivity index (χ3v) is 2.60. The van der Waals surface area contributed by atoms with Gasteiger partial charge in [-0.2, -0.15) is 0 Å². The van der Waals surface area contributed by atoms with Crippen molar-refractivity contribution in [1.82, 2.24) is 4.90 Å². The van der Waals surface area contributed by atoms with Gasteiger partial charge in [0, 0.05) is 18.8 Å². The van der Waals surface area contributed by atoms with Gasteiger partial charge in [-0.25, -0.2) is 0 Å². The molecule has 0 aromatic heterocycles. The Labute approximate surface area is 81.4 Å². The summed E-state index contributed by atoms with van der Waals surface area (Å²) < 4.78 is 0. The summed E-state index contributed by atoms with van der Waals surface area (Å²) in [5, 5.41) is 0. The van der Waals surface area contributed by atoms with Gasteiger partial charge in [0.05, 0.1) is 0 Å². The van der Waals surface area contributed by atoms with Crippen LogP contribution in [-0.2, 0) is 0 Å². The van der Waals surface area contributed by atoms with Gasteiger partial charge in [-0.05, 0) is 30.9 Å². The van der Waals surface area contributed by atoms with E-state index in [-0.39, 0.29) is 0 Å². The van der Waals surface area contributed by atoms with E-state index in [1.54, 1.807) is 0 Å². The lowest BCUT2D eigenvalue weighted by Gasteiger charge is -2.21. The molecule has 0 amide bonds. The first kappa shape index (κ1) is 10.1. The van der Waals surface area contributed by atoms with E-state index >= 15 is 0 Å². The minimum Gasteiger partial charge on any atom is -0.371 e. The third kappa shape index (κ3) is 2.24. The Hall–Kier alpha value is -0.980. The number of nitrogens with zero attached hydrogens (tertiary/aromatic N) is 1. The summed E-state index contributed by atoms with van der Waals surface area (Å²) in [7, 11) is 0. The van der Waals surface area contributed by atoms with Crippen molar-refractivity contribution < 1.29 is 0 Å². The molecule has 1 nitrogen and oxygen atoms in total. The Kier molecular flexibility index (Phi) is 3.81. The summed E-state index contributed by atoms with van der Waals surface area (Å²) in [5.74, 6) is 0. The summed E-state index contributed by atoms with van der Waals surface area (Å²) in [6.45, 7) is 12.2. The van der Waals surface area contributed by atoms with Gasteiger partial charge in [0.1, 0.15) is 0 Å². The number of likely N-dealkylation sites (tertiary alicyclic amines) is 1. The normalized spacial score (nSPS) is 18.4. The Morgan fingerprint density at radius 3 is 2.23 bits per heavy atom. The minimum atomic E-state index is 1.04. The number of hydrogen-bond donors (Lipinski definition) is 0. The van der Waals surface area contributed by atoms with Crippen LogP contribution in [0.15, 0.2) is 36.6 Å². The molecule has 0 bridgehead atoms. The second kappa shape index (κ2) is 4.90. The van der Waals surface area contributed by atoms with Crippen molar-refractivity contribution in [1.29, 1.82) is 0 Å². The molecule has 0 atom stereocenters. The van der Waals surface area contributed by atoms with Crippen molar-refractivity contribution in [3.8, 4) is 0 Å². The molecule has 1 fully saturated rings. The molecule has 0 saturated carbocycles. The van der Waals surface area contributed by atoms with Gasteiger partial charge in [0.25, 0.3) is 0 Å². The lowest BCUT2D eigenvalue weighted by Crippen LogP contribution is -2.18. The summed E-state index contributed by atoms with van der Waals surface area (Å²) in [5.41, 5.74) is 2.60. The Bertz CT molecular complexity index is 219. The number of allylic oxidation sites excluding steroid dienone is 3. The highest BCUT2D eigenvalue weighted by atomic mass is 15.1. The summed E-state index contributed by atoms with van der Waals surface area (Å²) in [6, 6.07) is 0. The van der Waals surface area contributed by atoms with E-state index in [1.165, 1.54) is 37.2 Å². The van der Waals surface area contributed by atoms with Gasteiger partial charge in [-0.3, -0.25) is 0 Å². The predicted octanol–water partition coefficient (Wildman–Crippen LogP) is 3.12. The van der Waals surface area contributed by atoms with Gasteiger partial charge in [0.15, 0.2) is 0 Å². The fourth-order valence-electron chi connectivity index (χ4n) is 1.85. The molecule has 0 unspecified atom stereocenters. The molecule has 0 radical (unpaired) electrons. The van der Waals surface area contributed by atoms with E-state index in [4.69, 9.17) is 0 Å². The highest BCUT2D eigenvalue weighted by molar-refractivity contribution is 5.30. The monoisotopic (exact) mass is 177 g/mol. The van der Waals surface area contributed by atoms with Gasteiger partial charge in [-0.15, -0.1) is 0 Å². The first-order valence-electron chi connectivity index (χ1n) is 5.06. The fourth-order valence-corrected chi connectivity index (χ4v) is 1.85. The standard InChI is InChI=1S/C12H19N/c1-4-11(5-2)12(6-3)13-9-7-8-10-13/h4,6H,1,3,5,7-10H2,2H3/b12-11-. The van der Waals surface area contributed by atoms with Crippen molar-refractivity contribution >= 4 is 0 Å². The zero-order chi connectivity index (χ0) is 9.68. The maximum atomic E-state index is 3.88. The van der Waals surface area contributed by atoms with Crippen molar-refractivity contribution in [2.45, 2.75) is 26.2 Å². The molecule has 13 heavy (non-hydrogen) atoms. The molecule has 1 heteroatoms. The van der Waals surface area contributed by atoms with Crippen LogP contribution in [0, 0.1) is 0 Å². The molecule has 1 heterocycles. The highest BCUT2D eigenvalue weighted by Crippen LogP contribution is 2.20. The molecule has 1 rings (SSSR count). The van der Waals surface area contributed by atoms with Crippen LogP contribution >= 0.6 is 0 Å². The Morgan fingerprint density at radius 1 is 1.23 bits per heavy atom. The van der Waals surface area contributed by atoms with Gasteiger partial charge in [-0.1, -0.05) is 26.2 Å².